The third-order valence-electron chi connectivity index (χ3n) is 7.41. The average molecular weight is 418 g/mol. The Hall–Kier alpha value is -2.04. The van der Waals surface area contributed by atoms with Crippen LogP contribution in [-0.2, 0) is 4.74 Å². The lowest BCUT2D eigenvalue weighted by Crippen LogP contribution is -2.30. The van der Waals surface area contributed by atoms with Gasteiger partial charge < -0.3 is 4.74 Å². The Morgan fingerprint density at radius 3 is 2.47 bits per heavy atom. The van der Waals surface area contributed by atoms with Gasteiger partial charge in [-0.3, -0.25) is 0 Å². The van der Waals surface area contributed by atoms with E-state index >= 15 is 4.39 Å². The molecule has 2 aliphatic carbocycles. The van der Waals surface area contributed by atoms with Gasteiger partial charge >= 0.3 is 5.97 Å². The minimum Gasteiger partial charge on any atom is -0.465 e. The molecule has 2 unspecified atom stereocenters. The van der Waals surface area contributed by atoms with Gasteiger partial charge in [0.2, 0.25) is 0 Å². The van der Waals surface area contributed by atoms with Crippen LogP contribution in [0.4, 0.5) is 13.2 Å². The van der Waals surface area contributed by atoms with Crippen molar-refractivity contribution in [1.82, 2.24) is 0 Å². The van der Waals surface area contributed by atoms with Gasteiger partial charge in [-0.25, -0.2) is 18.0 Å². The van der Waals surface area contributed by atoms with Crippen molar-refractivity contribution in [1.29, 1.82) is 0 Å². The van der Waals surface area contributed by atoms with E-state index in [0.717, 1.165) is 32.3 Å². The summed E-state index contributed by atoms with van der Waals surface area (Å²) in [6, 6.07) is 4.32. The standard InChI is InChI=1S/C25H29F3O2/c1-3-4-14-5-6-16-12-17(8-7-15(16)11-14)20-13-18-9-10-19(25(29)30-2)22(26)21(18)24(28)23(20)27/h9-10,13-17H,3-8,11-12H2,1-2H3/t14?,15-,16+,17?/m0/s1. The van der Waals surface area contributed by atoms with Crippen LogP contribution < -0.4 is 0 Å². The third-order valence-corrected chi connectivity index (χ3v) is 7.41. The molecule has 0 bridgehead atoms. The molecule has 2 aromatic rings. The van der Waals surface area contributed by atoms with Crippen LogP contribution in [0, 0.1) is 35.2 Å². The zero-order valence-electron chi connectivity index (χ0n) is 17.6. The second kappa shape index (κ2) is 8.60. The predicted octanol–water partition coefficient (Wildman–Crippen LogP) is 7.14. The molecule has 0 amide bonds. The summed E-state index contributed by atoms with van der Waals surface area (Å²) in [5.74, 6) is -2.14. The lowest BCUT2D eigenvalue weighted by Gasteiger charge is -2.42. The van der Waals surface area contributed by atoms with Gasteiger partial charge in [-0.1, -0.05) is 32.3 Å². The first-order chi connectivity index (χ1) is 14.4. The summed E-state index contributed by atoms with van der Waals surface area (Å²) >= 11 is 0. The maximum Gasteiger partial charge on any atom is 0.340 e. The highest BCUT2D eigenvalue weighted by molar-refractivity contribution is 5.96. The summed E-state index contributed by atoms with van der Waals surface area (Å²) in [4.78, 5) is 11.7. The lowest BCUT2D eigenvalue weighted by atomic mass is 9.63. The average Bonchev–Trinajstić information content (AvgIpc) is 2.75. The molecule has 0 saturated heterocycles. The number of esters is 1. The Balaban J connectivity index is 1.63. The van der Waals surface area contributed by atoms with Gasteiger partial charge in [-0.15, -0.1) is 0 Å². The molecule has 0 radical (unpaired) electrons. The van der Waals surface area contributed by atoms with Crippen LogP contribution >= 0.6 is 0 Å². The van der Waals surface area contributed by atoms with E-state index in [-0.39, 0.29) is 16.9 Å². The van der Waals surface area contributed by atoms with Gasteiger partial charge in [0.1, 0.15) is 5.82 Å². The highest BCUT2D eigenvalue weighted by atomic mass is 19.2. The Morgan fingerprint density at radius 1 is 1.00 bits per heavy atom. The highest BCUT2D eigenvalue weighted by Gasteiger charge is 2.37. The zero-order valence-corrected chi connectivity index (χ0v) is 17.6. The Morgan fingerprint density at radius 2 is 1.73 bits per heavy atom. The van der Waals surface area contributed by atoms with E-state index in [0.29, 0.717) is 17.4 Å². The van der Waals surface area contributed by atoms with Crippen molar-refractivity contribution in [2.24, 2.45) is 17.8 Å². The van der Waals surface area contributed by atoms with Gasteiger partial charge in [0.25, 0.3) is 0 Å². The van der Waals surface area contributed by atoms with E-state index in [9.17, 15) is 13.6 Å². The molecular weight excluding hydrogens is 389 g/mol. The van der Waals surface area contributed by atoms with E-state index in [1.165, 1.54) is 44.2 Å². The lowest BCUT2D eigenvalue weighted by molar-refractivity contribution is 0.0596. The monoisotopic (exact) mass is 418 g/mol. The van der Waals surface area contributed by atoms with Crippen molar-refractivity contribution in [3.8, 4) is 0 Å². The number of benzene rings is 2. The summed E-state index contributed by atoms with van der Waals surface area (Å²) in [7, 11) is 1.12. The number of ether oxygens (including phenoxy) is 1. The van der Waals surface area contributed by atoms with Crippen molar-refractivity contribution >= 4 is 16.7 Å². The van der Waals surface area contributed by atoms with Crippen LogP contribution in [0.2, 0.25) is 0 Å². The Bertz CT molecular complexity index is 955. The van der Waals surface area contributed by atoms with Gasteiger partial charge in [0, 0.05) is 0 Å². The summed E-state index contributed by atoms with van der Waals surface area (Å²) in [6.07, 6.45) is 8.93. The number of carbonyl (C=O) groups is 1. The topological polar surface area (TPSA) is 26.3 Å². The second-order valence-electron chi connectivity index (χ2n) is 9.11. The molecule has 2 nitrogen and oxygen atoms in total. The summed E-state index contributed by atoms with van der Waals surface area (Å²) in [5.41, 5.74) is -0.0419. The largest absolute Gasteiger partial charge is 0.465 e. The van der Waals surface area contributed by atoms with Crippen LogP contribution in [0.5, 0.6) is 0 Å². The molecule has 0 N–H and O–H groups in total. The smallest absolute Gasteiger partial charge is 0.340 e. The fourth-order valence-corrected chi connectivity index (χ4v) is 5.91. The van der Waals surface area contributed by atoms with Crippen molar-refractivity contribution < 1.29 is 22.7 Å². The van der Waals surface area contributed by atoms with E-state index in [2.05, 4.69) is 11.7 Å². The molecule has 2 fully saturated rings. The van der Waals surface area contributed by atoms with Gasteiger partial charge in [-0.05, 0) is 78.9 Å². The molecule has 2 aliphatic rings. The molecule has 4 rings (SSSR count). The number of halogens is 3. The van der Waals surface area contributed by atoms with Crippen molar-refractivity contribution in [3.05, 3.63) is 46.8 Å². The normalized spacial score (nSPS) is 26.4. The highest BCUT2D eigenvalue weighted by Crippen LogP contribution is 2.49. The number of hydrogen-bond donors (Lipinski definition) is 0. The maximum absolute atomic E-state index is 15.0. The SMILES string of the molecule is CCCC1CC[C@@H]2CC(c3cc4ccc(C(=O)OC)c(F)c4c(F)c3F)CC[C@H]2C1. The maximum atomic E-state index is 15.0. The zero-order chi connectivity index (χ0) is 21.4. The quantitative estimate of drug-likeness (QED) is 0.493. The third kappa shape index (κ3) is 3.72. The molecule has 2 aromatic carbocycles. The Kier molecular flexibility index (Phi) is 6.08. The molecule has 4 atom stereocenters. The fourth-order valence-electron chi connectivity index (χ4n) is 5.91. The number of fused-ring (bicyclic) bond motifs is 2. The first-order valence-corrected chi connectivity index (χ1v) is 11.1. The number of carbonyl (C=O) groups excluding carboxylic acids is 1. The Labute approximate surface area is 175 Å². The van der Waals surface area contributed by atoms with Gasteiger partial charge in [0.15, 0.2) is 11.6 Å². The van der Waals surface area contributed by atoms with E-state index in [4.69, 9.17) is 0 Å². The van der Waals surface area contributed by atoms with E-state index in [1.54, 1.807) is 6.07 Å². The van der Waals surface area contributed by atoms with Crippen molar-refractivity contribution in [2.45, 2.75) is 64.2 Å². The minimum absolute atomic E-state index is 0.0452. The molecule has 2 saturated carbocycles. The number of methoxy groups -OCH3 is 1. The molecule has 162 valence electrons. The summed E-state index contributed by atoms with van der Waals surface area (Å²) < 4.78 is 49.2. The van der Waals surface area contributed by atoms with Gasteiger partial charge in [-0.2, -0.15) is 0 Å². The van der Waals surface area contributed by atoms with Crippen LogP contribution in [0.3, 0.4) is 0 Å². The summed E-state index contributed by atoms with van der Waals surface area (Å²) in [6.45, 7) is 2.23. The van der Waals surface area contributed by atoms with Crippen molar-refractivity contribution in [3.63, 3.8) is 0 Å². The van der Waals surface area contributed by atoms with Crippen LogP contribution in [0.15, 0.2) is 18.2 Å². The fraction of sp³-hybridized carbons (Fsp3) is 0.560. The van der Waals surface area contributed by atoms with Crippen molar-refractivity contribution in [2.75, 3.05) is 7.11 Å². The van der Waals surface area contributed by atoms with Crippen LogP contribution in [-0.4, -0.2) is 13.1 Å². The predicted molar refractivity (Wildman–Crippen MR) is 111 cm³/mol. The first-order valence-electron chi connectivity index (χ1n) is 11.1. The molecule has 0 aliphatic heterocycles. The molecule has 0 aromatic heterocycles. The molecule has 0 heterocycles. The molecule has 5 heteroatoms. The van der Waals surface area contributed by atoms with Crippen LogP contribution in [0.1, 0.15) is 80.1 Å². The molecular formula is C25H29F3O2. The van der Waals surface area contributed by atoms with E-state index in [1.807, 2.05) is 0 Å². The second-order valence-corrected chi connectivity index (χ2v) is 9.11. The summed E-state index contributed by atoms with van der Waals surface area (Å²) in [5, 5.41) is -0.198. The first kappa shape index (κ1) is 21.2. The van der Waals surface area contributed by atoms with E-state index < -0.39 is 28.8 Å². The van der Waals surface area contributed by atoms with Crippen LogP contribution in [0.25, 0.3) is 10.8 Å². The molecule has 0 spiro atoms. The number of hydrogen-bond acceptors (Lipinski definition) is 2. The van der Waals surface area contributed by atoms with Gasteiger partial charge in [0.05, 0.1) is 18.1 Å². The minimum atomic E-state index is -1.21. The molecule has 30 heavy (non-hydrogen) atoms. The number of rotatable bonds is 4.